The summed E-state index contributed by atoms with van der Waals surface area (Å²) >= 11 is 0. The van der Waals surface area contributed by atoms with Crippen LogP contribution in [0.25, 0.3) is 0 Å². The fourth-order valence-electron chi connectivity index (χ4n) is 1.37. The summed E-state index contributed by atoms with van der Waals surface area (Å²) in [6, 6.07) is 0.771. The molecule has 0 unspecified atom stereocenters. The summed E-state index contributed by atoms with van der Waals surface area (Å²) in [5.41, 5.74) is 1.46. The van der Waals surface area contributed by atoms with Crippen molar-refractivity contribution in [3.63, 3.8) is 0 Å². The van der Waals surface area contributed by atoms with Gasteiger partial charge in [0, 0.05) is 39.6 Å². The number of methoxy groups -OCH3 is 1. The van der Waals surface area contributed by atoms with Crippen molar-refractivity contribution in [2.24, 2.45) is 0 Å². The molecule has 22 heavy (non-hydrogen) atoms. The molecule has 0 spiro atoms. The van der Waals surface area contributed by atoms with Gasteiger partial charge in [-0.05, 0) is 20.3 Å². The van der Waals surface area contributed by atoms with Crippen LogP contribution in [0.5, 0.6) is 0 Å². The number of hydrogen-bond acceptors (Lipinski definition) is 6. The third-order valence-corrected chi connectivity index (χ3v) is 5.42. The number of esters is 1. The zero-order valence-corrected chi connectivity index (χ0v) is 15.7. The first-order valence-corrected chi connectivity index (χ1v) is 8.83. The van der Waals surface area contributed by atoms with Gasteiger partial charge in [-0.15, -0.1) is 0 Å². The largest absolute Gasteiger partial charge is 0.500 e. The van der Waals surface area contributed by atoms with Gasteiger partial charge < -0.3 is 22.8 Å². The molecule has 0 aromatic heterocycles. The Morgan fingerprint density at radius 2 is 1.50 bits per heavy atom. The molecule has 0 aromatic rings. The first-order chi connectivity index (χ1) is 10.3. The summed E-state index contributed by atoms with van der Waals surface area (Å²) in [5, 5.41) is 0. The van der Waals surface area contributed by atoms with Gasteiger partial charge in [-0.2, -0.15) is 0 Å². The van der Waals surface area contributed by atoms with Crippen molar-refractivity contribution >= 4 is 14.8 Å². The zero-order chi connectivity index (χ0) is 17.6. The van der Waals surface area contributed by atoms with E-state index in [9.17, 15) is 4.79 Å². The number of hydrogen-bond donors (Lipinski definition) is 0. The molecule has 0 amide bonds. The van der Waals surface area contributed by atoms with Gasteiger partial charge in [0.1, 0.15) is 0 Å². The highest BCUT2D eigenvalue weighted by atomic mass is 28.4. The van der Waals surface area contributed by atoms with Crippen molar-refractivity contribution in [2.45, 2.75) is 26.3 Å². The molecule has 6 nitrogen and oxygen atoms in total. The van der Waals surface area contributed by atoms with Crippen LogP contribution in [0.1, 0.15) is 20.3 Å². The smallest absolute Gasteiger partial charge is 0.466 e. The SMILES string of the molecule is C=C(C)C(=O)OC.C=C(C)COCCC[Si](OC)(OC)OC. The van der Waals surface area contributed by atoms with E-state index >= 15 is 0 Å². The predicted octanol–water partition coefficient (Wildman–Crippen LogP) is 2.58. The Labute approximate surface area is 135 Å². The van der Waals surface area contributed by atoms with Crippen LogP contribution in [0, 0.1) is 0 Å². The average molecular weight is 334 g/mol. The second-order valence-corrected chi connectivity index (χ2v) is 7.77. The maximum Gasteiger partial charge on any atom is 0.500 e. The lowest BCUT2D eigenvalue weighted by molar-refractivity contribution is -0.136. The minimum atomic E-state index is -2.40. The third-order valence-electron chi connectivity index (χ3n) is 2.59. The van der Waals surface area contributed by atoms with E-state index in [2.05, 4.69) is 17.9 Å². The first-order valence-electron chi connectivity index (χ1n) is 6.90. The zero-order valence-electron chi connectivity index (χ0n) is 14.7. The lowest BCUT2D eigenvalue weighted by Crippen LogP contribution is -2.42. The molecule has 0 aliphatic heterocycles. The van der Waals surface area contributed by atoms with Gasteiger partial charge in [-0.1, -0.05) is 18.7 Å². The summed E-state index contributed by atoms with van der Waals surface area (Å²) in [5.74, 6) is -0.347. The molecule has 0 heterocycles. The maximum absolute atomic E-state index is 10.2. The van der Waals surface area contributed by atoms with E-state index in [4.69, 9.17) is 18.0 Å². The number of carbonyl (C=O) groups excluding carboxylic acids is 1. The maximum atomic E-state index is 10.2. The molecule has 0 rings (SSSR count). The van der Waals surface area contributed by atoms with Gasteiger partial charge in [0.05, 0.1) is 13.7 Å². The van der Waals surface area contributed by atoms with Crippen LogP contribution in [0.4, 0.5) is 0 Å². The van der Waals surface area contributed by atoms with Crippen molar-refractivity contribution in [2.75, 3.05) is 41.7 Å². The third kappa shape index (κ3) is 11.6. The average Bonchev–Trinajstić information content (AvgIpc) is 2.51. The number of rotatable bonds is 10. The van der Waals surface area contributed by atoms with Crippen LogP contribution in [0.3, 0.4) is 0 Å². The Bertz CT molecular complexity index is 331. The molecular weight excluding hydrogens is 304 g/mol. The lowest BCUT2D eigenvalue weighted by atomic mass is 10.4. The topological polar surface area (TPSA) is 63.2 Å². The Morgan fingerprint density at radius 3 is 1.77 bits per heavy atom. The van der Waals surface area contributed by atoms with Crippen LogP contribution in [-0.2, 0) is 27.5 Å². The summed E-state index contributed by atoms with van der Waals surface area (Å²) in [7, 11) is 3.79. The summed E-state index contributed by atoms with van der Waals surface area (Å²) in [4.78, 5) is 10.2. The second-order valence-electron chi connectivity index (χ2n) is 4.68. The number of carbonyl (C=O) groups is 1. The Morgan fingerprint density at radius 1 is 1.00 bits per heavy atom. The fourth-order valence-corrected chi connectivity index (χ4v) is 3.06. The van der Waals surface area contributed by atoms with E-state index in [0.29, 0.717) is 18.8 Å². The molecule has 0 aliphatic carbocycles. The summed E-state index contributed by atoms with van der Waals surface area (Å²) < 4.78 is 25.5. The van der Waals surface area contributed by atoms with Gasteiger partial charge in [0.15, 0.2) is 0 Å². The van der Waals surface area contributed by atoms with Gasteiger partial charge in [0.2, 0.25) is 0 Å². The summed E-state index contributed by atoms with van der Waals surface area (Å²) in [6.07, 6.45) is 0.870. The molecule has 0 radical (unpaired) electrons. The molecule has 0 fully saturated rings. The van der Waals surface area contributed by atoms with Crippen molar-refractivity contribution in [3.05, 3.63) is 24.3 Å². The van der Waals surface area contributed by atoms with E-state index in [1.807, 2.05) is 6.92 Å². The Hall–Kier alpha value is -0.993. The van der Waals surface area contributed by atoms with Gasteiger partial charge in [-0.25, -0.2) is 4.79 Å². The highest BCUT2D eigenvalue weighted by molar-refractivity contribution is 6.60. The minimum Gasteiger partial charge on any atom is -0.466 e. The van der Waals surface area contributed by atoms with Gasteiger partial charge in [0.25, 0.3) is 0 Å². The molecule has 0 bridgehead atoms. The van der Waals surface area contributed by atoms with Crippen molar-refractivity contribution in [1.29, 1.82) is 0 Å². The quantitative estimate of drug-likeness (QED) is 0.201. The minimum absolute atomic E-state index is 0.347. The molecule has 130 valence electrons. The molecule has 0 atom stereocenters. The van der Waals surface area contributed by atoms with Crippen LogP contribution >= 0.6 is 0 Å². The molecule has 0 saturated heterocycles. The van der Waals surface area contributed by atoms with Crippen LogP contribution < -0.4 is 0 Å². The first kappa shape index (κ1) is 23.3. The normalized spacial score (nSPS) is 10.5. The molecule has 0 N–H and O–H groups in total. The van der Waals surface area contributed by atoms with E-state index in [-0.39, 0.29) is 5.97 Å². The predicted molar refractivity (Wildman–Crippen MR) is 88.7 cm³/mol. The van der Waals surface area contributed by atoms with Crippen molar-refractivity contribution < 1.29 is 27.5 Å². The molecule has 0 aromatic carbocycles. The summed E-state index contributed by atoms with van der Waals surface area (Å²) in [6.45, 7) is 11.9. The van der Waals surface area contributed by atoms with Gasteiger partial charge >= 0.3 is 14.8 Å². The van der Waals surface area contributed by atoms with E-state index in [0.717, 1.165) is 18.0 Å². The molecular formula is C15H30O6Si. The standard InChI is InChI=1S/C10H22O4Si.C5H8O2/c1-10(2)9-14-7-6-8-15(11-3,12-4)13-5;1-4(2)5(6)7-3/h1,6-9H2,2-5H3;1H2,2-3H3. The van der Waals surface area contributed by atoms with E-state index in [1.165, 1.54) is 7.11 Å². The van der Waals surface area contributed by atoms with Gasteiger partial charge in [-0.3, -0.25) is 0 Å². The highest BCUT2D eigenvalue weighted by Gasteiger charge is 2.36. The molecule has 0 aliphatic rings. The monoisotopic (exact) mass is 334 g/mol. The lowest BCUT2D eigenvalue weighted by Gasteiger charge is -2.24. The van der Waals surface area contributed by atoms with Crippen molar-refractivity contribution in [3.8, 4) is 0 Å². The van der Waals surface area contributed by atoms with Crippen LogP contribution in [-0.4, -0.2) is 56.4 Å². The Balaban J connectivity index is 0. The molecule has 0 saturated carbocycles. The van der Waals surface area contributed by atoms with Crippen molar-refractivity contribution in [1.82, 2.24) is 0 Å². The fraction of sp³-hybridized carbons (Fsp3) is 0.667. The van der Waals surface area contributed by atoms with E-state index in [1.54, 1.807) is 28.3 Å². The van der Waals surface area contributed by atoms with Crippen LogP contribution in [0.2, 0.25) is 6.04 Å². The Kier molecular flexibility index (Phi) is 14.4. The highest BCUT2D eigenvalue weighted by Crippen LogP contribution is 2.14. The molecule has 7 heteroatoms. The van der Waals surface area contributed by atoms with Crippen LogP contribution in [0.15, 0.2) is 24.3 Å². The number of ether oxygens (including phenoxy) is 2. The van der Waals surface area contributed by atoms with E-state index < -0.39 is 8.80 Å². The second kappa shape index (κ2) is 13.7.